The fourth-order valence-electron chi connectivity index (χ4n) is 2.09. The van der Waals surface area contributed by atoms with Gasteiger partial charge in [0.05, 0.1) is 0 Å². The van der Waals surface area contributed by atoms with E-state index in [1.54, 1.807) is 24.3 Å². The summed E-state index contributed by atoms with van der Waals surface area (Å²) in [5.41, 5.74) is 0.451. The Morgan fingerprint density at radius 1 is 1.30 bits per heavy atom. The molecule has 2 rings (SSSR count). The van der Waals surface area contributed by atoms with E-state index in [-0.39, 0.29) is 23.1 Å². The van der Waals surface area contributed by atoms with Crippen molar-refractivity contribution in [1.82, 2.24) is 9.97 Å². The van der Waals surface area contributed by atoms with Crippen molar-refractivity contribution in [2.75, 3.05) is 6.61 Å². The standard InChI is InChI=1S/C15H18N2O3/c1-3-11(20-4-2)13-16-14(18)12(15(19)17-13)10-8-6-5-7-9-10/h5-9,11H,3-4H2,1-2H3,(H2,16,17,18,19). The zero-order chi connectivity index (χ0) is 14.5. The predicted octanol–water partition coefficient (Wildman–Crippen LogP) is 2.63. The minimum absolute atomic E-state index is 0.181. The maximum Gasteiger partial charge on any atom is 0.262 e. The van der Waals surface area contributed by atoms with Crippen LogP contribution in [0, 0.1) is 0 Å². The molecule has 106 valence electrons. The van der Waals surface area contributed by atoms with E-state index in [1.807, 2.05) is 19.9 Å². The number of aromatic nitrogens is 2. The highest BCUT2D eigenvalue weighted by Gasteiger charge is 2.17. The van der Waals surface area contributed by atoms with Gasteiger partial charge in [-0.3, -0.25) is 4.79 Å². The largest absolute Gasteiger partial charge is 0.493 e. The van der Waals surface area contributed by atoms with Gasteiger partial charge in [-0.1, -0.05) is 37.3 Å². The normalized spacial score (nSPS) is 12.3. The molecule has 0 aliphatic rings. The lowest BCUT2D eigenvalue weighted by Gasteiger charge is -2.14. The Hall–Kier alpha value is -2.14. The van der Waals surface area contributed by atoms with Crippen molar-refractivity contribution < 1.29 is 9.84 Å². The van der Waals surface area contributed by atoms with Crippen LogP contribution in [0.4, 0.5) is 0 Å². The molecule has 0 aliphatic heterocycles. The summed E-state index contributed by atoms with van der Waals surface area (Å²) in [6.07, 6.45) is 0.351. The lowest BCUT2D eigenvalue weighted by atomic mass is 10.1. The van der Waals surface area contributed by atoms with E-state index < -0.39 is 0 Å². The Morgan fingerprint density at radius 2 is 2.00 bits per heavy atom. The van der Waals surface area contributed by atoms with Gasteiger partial charge in [0.1, 0.15) is 17.5 Å². The lowest BCUT2D eigenvalue weighted by Crippen LogP contribution is -2.17. The highest BCUT2D eigenvalue weighted by Crippen LogP contribution is 2.25. The molecule has 5 heteroatoms. The second-order valence-corrected chi connectivity index (χ2v) is 4.37. The number of nitrogens with zero attached hydrogens (tertiary/aromatic N) is 1. The SMILES string of the molecule is CCOC(CC)c1nc(O)c(-c2ccccc2)c(=O)[nH]1. The molecule has 0 spiro atoms. The van der Waals surface area contributed by atoms with Crippen LogP contribution in [-0.4, -0.2) is 21.7 Å². The number of rotatable bonds is 5. The van der Waals surface area contributed by atoms with Crippen LogP contribution in [0.15, 0.2) is 35.1 Å². The third kappa shape index (κ3) is 2.88. The number of hydrogen-bond acceptors (Lipinski definition) is 4. The molecule has 0 radical (unpaired) electrons. The summed E-state index contributed by atoms with van der Waals surface area (Å²) in [7, 11) is 0. The number of ether oxygens (including phenoxy) is 1. The zero-order valence-corrected chi connectivity index (χ0v) is 11.6. The van der Waals surface area contributed by atoms with Crippen molar-refractivity contribution in [2.24, 2.45) is 0 Å². The van der Waals surface area contributed by atoms with E-state index in [9.17, 15) is 9.90 Å². The van der Waals surface area contributed by atoms with E-state index in [0.29, 0.717) is 24.4 Å². The Kier molecular flexibility index (Phi) is 4.53. The van der Waals surface area contributed by atoms with E-state index in [4.69, 9.17) is 4.74 Å². The maximum absolute atomic E-state index is 12.2. The lowest BCUT2D eigenvalue weighted by molar-refractivity contribution is 0.0529. The fraction of sp³-hybridized carbons (Fsp3) is 0.333. The Labute approximate surface area is 117 Å². The van der Waals surface area contributed by atoms with Crippen LogP contribution in [0.1, 0.15) is 32.2 Å². The average Bonchev–Trinajstić information content (AvgIpc) is 2.45. The van der Waals surface area contributed by atoms with Gasteiger partial charge in [-0.25, -0.2) is 0 Å². The molecule has 0 aliphatic carbocycles. The summed E-state index contributed by atoms with van der Waals surface area (Å²) in [6, 6.07) is 8.96. The first-order chi connectivity index (χ1) is 9.67. The van der Waals surface area contributed by atoms with Gasteiger partial charge in [-0.05, 0) is 18.9 Å². The second-order valence-electron chi connectivity index (χ2n) is 4.37. The van der Waals surface area contributed by atoms with Crippen molar-refractivity contribution >= 4 is 0 Å². The fourth-order valence-corrected chi connectivity index (χ4v) is 2.09. The van der Waals surface area contributed by atoms with E-state index in [1.165, 1.54) is 0 Å². The maximum atomic E-state index is 12.2. The van der Waals surface area contributed by atoms with Crippen LogP contribution < -0.4 is 5.56 Å². The highest BCUT2D eigenvalue weighted by atomic mass is 16.5. The van der Waals surface area contributed by atoms with Crippen LogP contribution in [0.5, 0.6) is 5.88 Å². The van der Waals surface area contributed by atoms with E-state index >= 15 is 0 Å². The molecular formula is C15H18N2O3. The summed E-state index contributed by atoms with van der Waals surface area (Å²) < 4.78 is 5.49. The van der Waals surface area contributed by atoms with Crippen LogP contribution in [-0.2, 0) is 4.74 Å². The summed E-state index contributed by atoms with van der Waals surface area (Å²) in [5.74, 6) is 0.0876. The summed E-state index contributed by atoms with van der Waals surface area (Å²) in [6.45, 7) is 4.32. The second kappa shape index (κ2) is 6.34. The predicted molar refractivity (Wildman–Crippen MR) is 76.6 cm³/mol. The van der Waals surface area contributed by atoms with Crippen LogP contribution in [0.2, 0.25) is 0 Å². The Bertz CT molecular complexity index is 623. The zero-order valence-electron chi connectivity index (χ0n) is 11.6. The van der Waals surface area contributed by atoms with Gasteiger partial charge < -0.3 is 14.8 Å². The molecule has 1 aromatic heterocycles. The van der Waals surface area contributed by atoms with Crippen molar-refractivity contribution in [2.45, 2.75) is 26.4 Å². The minimum Gasteiger partial charge on any atom is -0.493 e. The first-order valence-corrected chi connectivity index (χ1v) is 6.67. The molecule has 1 unspecified atom stereocenters. The minimum atomic E-state index is -0.364. The molecule has 0 fully saturated rings. The Morgan fingerprint density at radius 3 is 2.55 bits per heavy atom. The number of nitrogens with one attached hydrogen (secondary N) is 1. The number of hydrogen-bond donors (Lipinski definition) is 2. The molecule has 1 aromatic carbocycles. The summed E-state index contributed by atoms with van der Waals surface area (Å²) in [5, 5.41) is 10.1. The molecule has 5 nitrogen and oxygen atoms in total. The number of aromatic hydroxyl groups is 1. The molecular weight excluding hydrogens is 256 g/mol. The number of benzene rings is 1. The molecule has 2 aromatic rings. The van der Waals surface area contributed by atoms with Crippen LogP contribution in [0.3, 0.4) is 0 Å². The van der Waals surface area contributed by atoms with Crippen molar-refractivity contribution in [3.05, 3.63) is 46.5 Å². The first kappa shape index (κ1) is 14.3. The monoisotopic (exact) mass is 274 g/mol. The van der Waals surface area contributed by atoms with Crippen molar-refractivity contribution in [1.29, 1.82) is 0 Å². The third-order valence-corrected chi connectivity index (χ3v) is 3.02. The van der Waals surface area contributed by atoms with Gasteiger partial charge >= 0.3 is 0 Å². The quantitative estimate of drug-likeness (QED) is 0.878. The molecule has 0 saturated heterocycles. The average molecular weight is 274 g/mol. The molecule has 0 saturated carbocycles. The molecule has 2 N–H and O–H groups in total. The molecule has 20 heavy (non-hydrogen) atoms. The summed E-state index contributed by atoms with van der Waals surface area (Å²) >= 11 is 0. The van der Waals surface area contributed by atoms with Gasteiger partial charge in [0.25, 0.3) is 5.56 Å². The third-order valence-electron chi connectivity index (χ3n) is 3.02. The molecule has 0 amide bonds. The highest BCUT2D eigenvalue weighted by molar-refractivity contribution is 5.66. The van der Waals surface area contributed by atoms with Gasteiger partial charge in [-0.2, -0.15) is 4.98 Å². The smallest absolute Gasteiger partial charge is 0.262 e. The van der Waals surface area contributed by atoms with E-state index in [2.05, 4.69) is 9.97 Å². The molecule has 1 heterocycles. The van der Waals surface area contributed by atoms with Crippen molar-refractivity contribution in [3.8, 4) is 17.0 Å². The van der Waals surface area contributed by atoms with Gasteiger partial charge in [0.2, 0.25) is 5.88 Å². The van der Waals surface area contributed by atoms with Crippen LogP contribution in [0.25, 0.3) is 11.1 Å². The molecule has 0 bridgehead atoms. The number of aromatic amines is 1. The van der Waals surface area contributed by atoms with E-state index in [0.717, 1.165) is 0 Å². The van der Waals surface area contributed by atoms with Crippen molar-refractivity contribution in [3.63, 3.8) is 0 Å². The van der Waals surface area contributed by atoms with Gasteiger partial charge in [-0.15, -0.1) is 0 Å². The summed E-state index contributed by atoms with van der Waals surface area (Å²) in [4.78, 5) is 18.9. The molecule has 1 atom stereocenters. The van der Waals surface area contributed by atoms with Gasteiger partial charge in [0, 0.05) is 6.61 Å². The Balaban J connectivity index is 2.47. The topological polar surface area (TPSA) is 75.2 Å². The van der Waals surface area contributed by atoms with Gasteiger partial charge in [0.15, 0.2) is 0 Å². The first-order valence-electron chi connectivity index (χ1n) is 6.67. The van der Waals surface area contributed by atoms with Crippen LogP contribution >= 0.6 is 0 Å². The number of H-pyrrole nitrogens is 1.